The molecule has 0 unspecified atom stereocenters. The molecular formula is C17H15BrN6O2S. The van der Waals surface area contributed by atoms with Gasteiger partial charge in [-0.1, -0.05) is 12.1 Å². The van der Waals surface area contributed by atoms with E-state index in [0.717, 1.165) is 27.9 Å². The minimum atomic E-state index is 0.202. The first kappa shape index (κ1) is 17.9. The Bertz CT molecular complexity index is 1130. The number of fused-ring (bicyclic) bond motifs is 1. The summed E-state index contributed by atoms with van der Waals surface area (Å²) in [4.78, 5) is 8.56. The molecule has 0 atom stereocenters. The summed E-state index contributed by atoms with van der Waals surface area (Å²) in [5.41, 5.74) is 2.91. The number of hydrogen-bond acceptors (Lipinski definition) is 8. The first-order valence-corrected chi connectivity index (χ1v) is 9.65. The van der Waals surface area contributed by atoms with Crippen LogP contribution in [0, 0.1) is 13.8 Å². The van der Waals surface area contributed by atoms with Crippen LogP contribution in [0.5, 0.6) is 5.75 Å². The summed E-state index contributed by atoms with van der Waals surface area (Å²) in [6, 6.07) is 6.05. The molecule has 0 aliphatic rings. The van der Waals surface area contributed by atoms with Gasteiger partial charge >= 0.3 is 0 Å². The molecule has 0 radical (unpaired) electrons. The van der Waals surface area contributed by atoms with E-state index < -0.39 is 0 Å². The average molecular weight is 447 g/mol. The zero-order chi connectivity index (χ0) is 19.0. The van der Waals surface area contributed by atoms with Crippen molar-refractivity contribution < 1.29 is 9.15 Å². The SMILES string of the molecule is Cc1ccc(C)c(OCc2nnc(Sc3ncnc4c3c(Br)nn4C)o2)c1. The maximum absolute atomic E-state index is 5.81. The molecule has 0 fully saturated rings. The zero-order valence-electron chi connectivity index (χ0n) is 14.8. The Kier molecular flexibility index (Phi) is 4.83. The smallest absolute Gasteiger partial charge is 0.283 e. The lowest BCUT2D eigenvalue weighted by atomic mass is 10.1. The lowest BCUT2D eigenvalue weighted by Crippen LogP contribution is -1.97. The molecule has 0 bridgehead atoms. The molecule has 3 aromatic heterocycles. The lowest BCUT2D eigenvalue weighted by molar-refractivity contribution is 0.250. The molecule has 3 heterocycles. The van der Waals surface area contributed by atoms with Crippen LogP contribution in [0.4, 0.5) is 0 Å². The van der Waals surface area contributed by atoms with E-state index in [1.807, 2.05) is 39.1 Å². The second kappa shape index (κ2) is 7.28. The monoisotopic (exact) mass is 446 g/mol. The zero-order valence-corrected chi connectivity index (χ0v) is 17.2. The fourth-order valence-electron chi connectivity index (χ4n) is 2.52. The standard InChI is InChI=1S/C17H15BrN6O2S/c1-9-4-5-10(2)11(6-9)25-7-12-21-22-17(26-12)27-16-13-14(18)23-24(3)15(13)19-8-20-16/h4-6,8H,7H2,1-3H3. The van der Waals surface area contributed by atoms with Crippen LogP contribution in [0.1, 0.15) is 17.0 Å². The summed E-state index contributed by atoms with van der Waals surface area (Å²) in [5, 5.41) is 14.3. The van der Waals surface area contributed by atoms with Crippen LogP contribution in [0.3, 0.4) is 0 Å². The van der Waals surface area contributed by atoms with Crippen LogP contribution >= 0.6 is 27.7 Å². The summed E-state index contributed by atoms with van der Waals surface area (Å²) in [5.74, 6) is 1.20. The van der Waals surface area contributed by atoms with Crippen molar-refractivity contribution in [3.63, 3.8) is 0 Å². The maximum atomic E-state index is 5.81. The van der Waals surface area contributed by atoms with Crippen molar-refractivity contribution in [2.45, 2.75) is 30.7 Å². The molecular weight excluding hydrogens is 432 g/mol. The van der Waals surface area contributed by atoms with Crippen molar-refractivity contribution in [3.8, 4) is 5.75 Å². The quantitative estimate of drug-likeness (QED) is 0.426. The number of aryl methyl sites for hydroxylation is 3. The molecule has 8 nitrogen and oxygen atoms in total. The summed E-state index contributed by atoms with van der Waals surface area (Å²) in [7, 11) is 1.82. The number of ether oxygens (including phenoxy) is 1. The number of aromatic nitrogens is 6. The van der Waals surface area contributed by atoms with Crippen LogP contribution in [0.15, 0.2) is 43.8 Å². The van der Waals surface area contributed by atoms with Crippen molar-refractivity contribution in [3.05, 3.63) is 46.1 Å². The van der Waals surface area contributed by atoms with E-state index in [1.54, 1.807) is 4.68 Å². The molecule has 1 aromatic carbocycles. The van der Waals surface area contributed by atoms with Crippen molar-refractivity contribution in [2.24, 2.45) is 7.05 Å². The Morgan fingerprint density at radius 3 is 2.93 bits per heavy atom. The molecule has 0 aliphatic carbocycles. The van der Waals surface area contributed by atoms with Gasteiger partial charge in [-0.3, -0.25) is 0 Å². The lowest BCUT2D eigenvalue weighted by Gasteiger charge is -2.07. The summed E-state index contributed by atoms with van der Waals surface area (Å²) in [6.45, 7) is 4.22. The summed E-state index contributed by atoms with van der Waals surface area (Å²) < 4.78 is 13.8. The van der Waals surface area contributed by atoms with Gasteiger partial charge < -0.3 is 9.15 Å². The fourth-order valence-corrected chi connectivity index (χ4v) is 4.02. The molecule has 4 aromatic rings. The van der Waals surface area contributed by atoms with E-state index in [-0.39, 0.29) is 6.61 Å². The van der Waals surface area contributed by atoms with Crippen molar-refractivity contribution >= 4 is 38.7 Å². The van der Waals surface area contributed by atoms with Gasteiger partial charge in [0.2, 0.25) is 0 Å². The van der Waals surface area contributed by atoms with Gasteiger partial charge in [0.05, 0.1) is 5.39 Å². The van der Waals surface area contributed by atoms with Gasteiger partial charge in [-0.15, -0.1) is 10.2 Å². The predicted octanol–water partition coefficient (Wildman–Crippen LogP) is 3.86. The van der Waals surface area contributed by atoms with Crippen LogP contribution < -0.4 is 4.74 Å². The molecule has 0 spiro atoms. The first-order valence-electron chi connectivity index (χ1n) is 8.05. The highest BCUT2D eigenvalue weighted by Crippen LogP contribution is 2.33. The number of hydrogen-bond donors (Lipinski definition) is 0. The van der Waals surface area contributed by atoms with Crippen LogP contribution in [0.25, 0.3) is 11.0 Å². The Balaban J connectivity index is 1.51. The van der Waals surface area contributed by atoms with Gasteiger partial charge in [0.1, 0.15) is 21.7 Å². The third-order valence-electron chi connectivity index (χ3n) is 3.87. The predicted molar refractivity (Wildman–Crippen MR) is 103 cm³/mol. The summed E-state index contributed by atoms with van der Waals surface area (Å²) in [6.07, 6.45) is 1.49. The molecule has 27 heavy (non-hydrogen) atoms. The number of halogens is 1. The third kappa shape index (κ3) is 3.67. The molecule has 0 aliphatic heterocycles. The molecule has 4 rings (SSSR count). The van der Waals surface area contributed by atoms with Gasteiger partial charge in [-0.2, -0.15) is 5.10 Å². The van der Waals surface area contributed by atoms with Gasteiger partial charge in [0.25, 0.3) is 11.1 Å². The third-order valence-corrected chi connectivity index (χ3v) is 5.27. The molecule has 0 N–H and O–H groups in total. The Labute approximate surface area is 167 Å². The van der Waals surface area contributed by atoms with Gasteiger partial charge in [0, 0.05) is 7.05 Å². The van der Waals surface area contributed by atoms with Gasteiger partial charge in [0.15, 0.2) is 12.3 Å². The number of benzene rings is 1. The highest BCUT2D eigenvalue weighted by molar-refractivity contribution is 9.10. The Morgan fingerprint density at radius 1 is 1.22 bits per heavy atom. The fraction of sp³-hybridized carbons (Fsp3) is 0.235. The largest absolute Gasteiger partial charge is 0.484 e. The minimum absolute atomic E-state index is 0.202. The average Bonchev–Trinajstić information content (AvgIpc) is 3.21. The molecule has 0 amide bonds. The van der Waals surface area contributed by atoms with Crippen molar-refractivity contribution in [2.75, 3.05) is 0 Å². The van der Waals surface area contributed by atoms with E-state index in [1.165, 1.54) is 18.1 Å². The van der Waals surface area contributed by atoms with E-state index in [4.69, 9.17) is 9.15 Å². The van der Waals surface area contributed by atoms with Gasteiger partial charge in [-0.05, 0) is 58.7 Å². The topological polar surface area (TPSA) is 91.8 Å². The first-order chi connectivity index (χ1) is 13.0. The minimum Gasteiger partial charge on any atom is -0.484 e. The maximum Gasteiger partial charge on any atom is 0.283 e. The van der Waals surface area contributed by atoms with E-state index in [2.05, 4.69) is 41.2 Å². The van der Waals surface area contributed by atoms with E-state index in [9.17, 15) is 0 Å². The highest BCUT2D eigenvalue weighted by atomic mass is 79.9. The van der Waals surface area contributed by atoms with Crippen LogP contribution in [-0.4, -0.2) is 29.9 Å². The molecule has 0 saturated heterocycles. The second-order valence-electron chi connectivity index (χ2n) is 5.91. The number of nitrogens with zero attached hydrogens (tertiary/aromatic N) is 6. The van der Waals surface area contributed by atoms with E-state index >= 15 is 0 Å². The summed E-state index contributed by atoms with van der Waals surface area (Å²) >= 11 is 4.70. The van der Waals surface area contributed by atoms with Crippen molar-refractivity contribution in [1.29, 1.82) is 0 Å². The normalized spacial score (nSPS) is 11.3. The Hall–Kier alpha value is -2.46. The van der Waals surface area contributed by atoms with Crippen LogP contribution in [0.2, 0.25) is 0 Å². The highest BCUT2D eigenvalue weighted by Gasteiger charge is 2.17. The molecule has 0 saturated carbocycles. The molecule has 138 valence electrons. The molecule has 10 heteroatoms. The van der Waals surface area contributed by atoms with E-state index in [0.29, 0.717) is 20.7 Å². The number of rotatable bonds is 5. The second-order valence-corrected chi connectivity index (χ2v) is 7.60. The Morgan fingerprint density at radius 2 is 2.07 bits per heavy atom. The van der Waals surface area contributed by atoms with Crippen molar-refractivity contribution in [1.82, 2.24) is 29.9 Å². The van der Waals surface area contributed by atoms with Gasteiger partial charge in [-0.25, -0.2) is 14.6 Å². The van der Waals surface area contributed by atoms with Crippen LogP contribution in [-0.2, 0) is 13.7 Å².